The summed E-state index contributed by atoms with van der Waals surface area (Å²) in [5.41, 5.74) is 1.26. The largest absolute Gasteiger partial charge is 0.380 e. The van der Waals surface area contributed by atoms with Crippen molar-refractivity contribution < 1.29 is 4.79 Å². The molecule has 98 valence electrons. The van der Waals surface area contributed by atoms with Crippen molar-refractivity contribution in [2.75, 3.05) is 25.5 Å². The van der Waals surface area contributed by atoms with Gasteiger partial charge in [-0.25, -0.2) is 4.98 Å². The predicted octanol–water partition coefficient (Wildman–Crippen LogP) is 1.26. The van der Waals surface area contributed by atoms with E-state index in [1.807, 2.05) is 0 Å². The van der Waals surface area contributed by atoms with Gasteiger partial charge in [0.15, 0.2) is 0 Å². The van der Waals surface area contributed by atoms with Gasteiger partial charge in [-0.1, -0.05) is 11.6 Å². The molecule has 1 aromatic rings. The van der Waals surface area contributed by atoms with Gasteiger partial charge >= 0.3 is 0 Å². The molecule has 1 aliphatic heterocycles. The Hall–Kier alpha value is -1.33. The van der Waals surface area contributed by atoms with Crippen molar-refractivity contribution in [1.29, 1.82) is 0 Å². The molecule has 1 aromatic heterocycles. The molecule has 0 saturated carbocycles. The summed E-state index contributed by atoms with van der Waals surface area (Å²) in [7, 11) is 1.60. The van der Waals surface area contributed by atoms with Crippen LogP contribution >= 0.6 is 11.6 Å². The summed E-state index contributed by atoms with van der Waals surface area (Å²) < 4.78 is 0. The van der Waals surface area contributed by atoms with E-state index in [9.17, 15) is 4.79 Å². The minimum absolute atomic E-state index is 0.162. The van der Waals surface area contributed by atoms with E-state index in [1.54, 1.807) is 13.1 Å². The van der Waals surface area contributed by atoms with Crippen LogP contribution in [0.15, 0.2) is 12.3 Å². The Morgan fingerprint density at radius 2 is 2.44 bits per heavy atom. The third-order valence-electron chi connectivity index (χ3n) is 3.00. The Morgan fingerprint density at radius 1 is 1.61 bits per heavy atom. The molecule has 1 unspecified atom stereocenters. The molecule has 6 heteroatoms. The van der Waals surface area contributed by atoms with Gasteiger partial charge in [-0.2, -0.15) is 0 Å². The Kier molecular flexibility index (Phi) is 4.38. The van der Waals surface area contributed by atoms with E-state index in [-0.39, 0.29) is 5.91 Å². The van der Waals surface area contributed by atoms with E-state index in [2.05, 4.69) is 20.9 Å². The topological polar surface area (TPSA) is 66.0 Å². The Labute approximate surface area is 111 Å². The van der Waals surface area contributed by atoms with Crippen molar-refractivity contribution in [2.45, 2.75) is 18.9 Å². The first-order chi connectivity index (χ1) is 8.70. The summed E-state index contributed by atoms with van der Waals surface area (Å²) in [6.45, 7) is 1.95. The van der Waals surface area contributed by atoms with Crippen LogP contribution in [-0.2, 0) is 0 Å². The number of hydrogen-bond donors (Lipinski definition) is 3. The second-order valence-corrected chi connectivity index (χ2v) is 4.71. The number of pyridine rings is 1. The van der Waals surface area contributed by atoms with E-state index in [0.717, 1.165) is 31.6 Å². The molecule has 2 heterocycles. The van der Waals surface area contributed by atoms with Crippen LogP contribution in [0.4, 0.5) is 5.69 Å². The third kappa shape index (κ3) is 3.11. The molecule has 5 nitrogen and oxygen atoms in total. The zero-order valence-corrected chi connectivity index (χ0v) is 11.0. The number of carbonyl (C=O) groups is 1. The number of amides is 1. The standard InChI is InChI=1S/C12H17ClN4O/c1-14-12(18)9-7-16-11(13)5-10(9)17-8-3-2-4-15-6-8/h5,7-8,15H,2-4,6H2,1H3,(H,14,18)(H,16,17). The minimum atomic E-state index is -0.162. The molecule has 0 spiro atoms. The van der Waals surface area contributed by atoms with Gasteiger partial charge in [-0.3, -0.25) is 4.79 Å². The van der Waals surface area contributed by atoms with Gasteiger partial charge in [-0.05, 0) is 25.5 Å². The molecule has 0 aliphatic carbocycles. The van der Waals surface area contributed by atoms with E-state index in [1.165, 1.54) is 6.20 Å². The maximum atomic E-state index is 11.7. The maximum absolute atomic E-state index is 11.7. The number of carbonyl (C=O) groups excluding carboxylic acids is 1. The van der Waals surface area contributed by atoms with Crippen LogP contribution in [0.2, 0.25) is 5.15 Å². The molecule has 3 N–H and O–H groups in total. The second-order valence-electron chi connectivity index (χ2n) is 4.32. The Morgan fingerprint density at radius 3 is 3.11 bits per heavy atom. The summed E-state index contributed by atoms with van der Waals surface area (Å²) in [5.74, 6) is -0.162. The molecule has 1 fully saturated rings. The summed E-state index contributed by atoms with van der Waals surface area (Å²) in [6, 6.07) is 2.02. The number of anilines is 1. The van der Waals surface area contributed by atoms with Crippen LogP contribution < -0.4 is 16.0 Å². The normalized spacial score (nSPS) is 19.3. The lowest BCUT2D eigenvalue weighted by atomic mass is 10.1. The highest BCUT2D eigenvalue weighted by Gasteiger charge is 2.17. The number of hydrogen-bond acceptors (Lipinski definition) is 4. The van der Waals surface area contributed by atoms with Crippen LogP contribution in [0.25, 0.3) is 0 Å². The molecule has 1 atom stereocenters. The quantitative estimate of drug-likeness (QED) is 0.722. The highest BCUT2D eigenvalue weighted by Crippen LogP contribution is 2.21. The SMILES string of the molecule is CNC(=O)c1cnc(Cl)cc1NC1CCCNC1. The highest BCUT2D eigenvalue weighted by molar-refractivity contribution is 6.29. The molecular weight excluding hydrogens is 252 g/mol. The molecule has 0 radical (unpaired) electrons. The van der Waals surface area contributed by atoms with Gasteiger partial charge in [0.1, 0.15) is 5.15 Å². The lowest BCUT2D eigenvalue weighted by Gasteiger charge is -2.25. The molecule has 1 aliphatic rings. The van der Waals surface area contributed by atoms with Crippen LogP contribution in [0.3, 0.4) is 0 Å². The van der Waals surface area contributed by atoms with Gasteiger partial charge in [0.05, 0.1) is 11.3 Å². The first-order valence-corrected chi connectivity index (χ1v) is 6.43. The van der Waals surface area contributed by atoms with Crippen molar-refractivity contribution in [1.82, 2.24) is 15.6 Å². The third-order valence-corrected chi connectivity index (χ3v) is 3.21. The minimum Gasteiger partial charge on any atom is -0.380 e. The smallest absolute Gasteiger partial charge is 0.254 e. The van der Waals surface area contributed by atoms with Gasteiger partial charge in [0.25, 0.3) is 5.91 Å². The van der Waals surface area contributed by atoms with Gasteiger partial charge in [-0.15, -0.1) is 0 Å². The number of halogens is 1. The van der Waals surface area contributed by atoms with Crippen LogP contribution in [0.1, 0.15) is 23.2 Å². The number of rotatable bonds is 3. The molecule has 1 amide bonds. The van der Waals surface area contributed by atoms with E-state index in [0.29, 0.717) is 16.8 Å². The fourth-order valence-corrected chi connectivity index (χ4v) is 2.22. The number of piperidine rings is 1. The molecule has 1 saturated heterocycles. The van der Waals surface area contributed by atoms with E-state index < -0.39 is 0 Å². The summed E-state index contributed by atoms with van der Waals surface area (Å²) in [4.78, 5) is 15.7. The zero-order chi connectivity index (χ0) is 13.0. The van der Waals surface area contributed by atoms with Crippen molar-refractivity contribution >= 4 is 23.2 Å². The molecule has 2 rings (SSSR count). The van der Waals surface area contributed by atoms with Crippen molar-refractivity contribution in [3.05, 3.63) is 23.0 Å². The number of nitrogens with one attached hydrogen (secondary N) is 3. The predicted molar refractivity (Wildman–Crippen MR) is 72.2 cm³/mol. The summed E-state index contributed by atoms with van der Waals surface area (Å²) in [5, 5.41) is 9.66. The van der Waals surface area contributed by atoms with E-state index >= 15 is 0 Å². The van der Waals surface area contributed by atoms with Crippen molar-refractivity contribution in [3.8, 4) is 0 Å². The van der Waals surface area contributed by atoms with Crippen molar-refractivity contribution in [2.24, 2.45) is 0 Å². The van der Waals surface area contributed by atoms with Crippen molar-refractivity contribution in [3.63, 3.8) is 0 Å². The Bertz CT molecular complexity index is 432. The summed E-state index contributed by atoms with van der Waals surface area (Å²) in [6.07, 6.45) is 3.71. The number of nitrogens with zero attached hydrogens (tertiary/aromatic N) is 1. The van der Waals surface area contributed by atoms with Gasteiger partial charge in [0.2, 0.25) is 0 Å². The van der Waals surface area contributed by atoms with Crippen LogP contribution in [0, 0.1) is 0 Å². The highest BCUT2D eigenvalue weighted by atomic mass is 35.5. The monoisotopic (exact) mass is 268 g/mol. The van der Waals surface area contributed by atoms with Gasteiger partial charge < -0.3 is 16.0 Å². The molecule has 0 aromatic carbocycles. The Balaban J connectivity index is 2.18. The summed E-state index contributed by atoms with van der Waals surface area (Å²) >= 11 is 5.88. The first-order valence-electron chi connectivity index (χ1n) is 6.05. The fourth-order valence-electron chi connectivity index (χ4n) is 2.06. The van der Waals surface area contributed by atoms with Crippen LogP contribution in [-0.4, -0.2) is 37.1 Å². The maximum Gasteiger partial charge on any atom is 0.254 e. The lowest BCUT2D eigenvalue weighted by molar-refractivity contribution is 0.0963. The molecular formula is C12H17ClN4O. The lowest BCUT2D eigenvalue weighted by Crippen LogP contribution is -2.39. The zero-order valence-electron chi connectivity index (χ0n) is 10.3. The van der Waals surface area contributed by atoms with Crippen LogP contribution in [0.5, 0.6) is 0 Å². The first kappa shape index (κ1) is 13.1. The second kappa shape index (κ2) is 6.02. The van der Waals surface area contributed by atoms with E-state index in [4.69, 9.17) is 11.6 Å². The average molecular weight is 269 g/mol. The van der Waals surface area contributed by atoms with Gasteiger partial charge in [0, 0.05) is 25.8 Å². The number of aromatic nitrogens is 1. The average Bonchev–Trinajstić information content (AvgIpc) is 2.39. The fraction of sp³-hybridized carbons (Fsp3) is 0.500. The molecule has 18 heavy (non-hydrogen) atoms. The molecule has 0 bridgehead atoms.